The van der Waals surface area contributed by atoms with Gasteiger partial charge in [0.25, 0.3) is 5.56 Å². The third-order valence-electron chi connectivity index (χ3n) is 5.51. The Hall–Kier alpha value is -2.49. The van der Waals surface area contributed by atoms with Gasteiger partial charge in [0.1, 0.15) is 10.7 Å². The summed E-state index contributed by atoms with van der Waals surface area (Å²) in [6, 6.07) is 6.48. The van der Waals surface area contributed by atoms with Crippen LogP contribution in [0.5, 0.6) is 0 Å². The number of aromatic nitrogens is 3. The highest BCUT2D eigenvalue weighted by Gasteiger charge is 2.22. The molecule has 0 spiro atoms. The Labute approximate surface area is 185 Å². The monoisotopic (exact) mass is 461 g/mol. The second-order valence-electron chi connectivity index (χ2n) is 7.68. The van der Waals surface area contributed by atoms with Crippen molar-refractivity contribution in [1.29, 1.82) is 0 Å². The molecule has 10 heteroatoms. The zero-order valence-electron chi connectivity index (χ0n) is 17.4. The van der Waals surface area contributed by atoms with Gasteiger partial charge in [0.05, 0.1) is 4.90 Å². The molecule has 0 unspecified atom stereocenters. The number of hydrogen-bond acceptors (Lipinski definition) is 6. The smallest absolute Gasteiger partial charge is 0.271 e. The van der Waals surface area contributed by atoms with E-state index in [1.54, 1.807) is 35.9 Å². The van der Waals surface area contributed by atoms with Crippen molar-refractivity contribution in [3.05, 3.63) is 51.4 Å². The molecule has 8 nitrogen and oxygen atoms in total. The summed E-state index contributed by atoms with van der Waals surface area (Å²) < 4.78 is 28.6. The van der Waals surface area contributed by atoms with Gasteiger partial charge in [-0.05, 0) is 49.6 Å². The molecule has 2 heterocycles. The Kier molecular flexibility index (Phi) is 6.00. The standard InChI is InChI=1S/C21H24ClN5O3S/c1-3-24-31(29,30)16-8-9-18(13(2)10-16)25-21-23-12-14-11-17(22)20(28)27(19(14)26-21)15-6-4-5-7-15/h8-12,15,24H,3-7H2,1-2H3,(H,23,25,26). The molecule has 1 aliphatic rings. The van der Waals surface area contributed by atoms with Gasteiger partial charge in [-0.25, -0.2) is 18.1 Å². The van der Waals surface area contributed by atoms with Gasteiger partial charge in [0.15, 0.2) is 0 Å². The number of rotatable bonds is 6. The number of halogens is 1. The van der Waals surface area contributed by atoms with E-state index in [-0.39, 0.29) is 21.5 Å². The Bertz CT molecular complexity index is 1300. The van der Waals surface area contributed by atoms with E-state index in [0.29, 0.717) is 29.2 Å². The highest BCUT2D eigenvalue weighted by molar-refractivity contribution is 7.89. The van der Waals surface area contributed by atoms with Crippen LogP contribution in [0.3, 0.4) is 0 Å². The summed E-state index contributed by atoms with van der Waals surface area (Å²) in [6.07, 6.45) is 5.62. The van der Waals surface area contributed by atoms with Gasteiger partial charge in [-0.2, -0.15) is 4.98 Å². The lowest BCUT2D eigenvalue weighted by atomic mass is 10.2. The summed E-state index contributed by atoms with van der Waals surface area (Å²) in [4.78, 5) is 21.9. The zero-order valence-corrected chi connectivity index (χ0v) is 18.9. The van der Waals surface area contributed by atoms with Gasteiger partial charge in [0.2, 0.25) is 16.0 Å². The highest BCUT2D eigenvalue weighted by Crippen LogP contribution is 2.31. The fourth-order valence-corrected chi connectivity index (χ4v) is 5.32. The van der Waals surface area contributed by atoms with Crippen LogP contribution >= 0.6 is 11.6 Å². The van der Waals surface area contributed by atoms with E-state index in [0.717, 1.165) is 31.2 Å². The maximum atomic E-state index is 12.8. The van der Waals surface area contributed by atoms with Gasteiger partial charge in [-0.15, -0.1) is 0 Å². The summed E-state index contributed by atoms with van der Waals surface area (Å²) >= 11 is 6.18. The van der Waals surface area contributed by atoms with Crippen LogP contribution in [-0.4, -0.2) is 29.5 Å². The van der Waals surface area contributed by atoms with Gasteiger partial charge in [-0.3, -0.25) is 9.36 Å². The number of nitrogens with one attached hydrogen (secondary N) is 2. The number of benzene rings is 1. The van der Waals surface area contributed by atoms with E-state index in [2.05, 4.69) is 20.0 Å². The second-order valence-corrected chi connectivity index (χ2v) is 9.86. The molecule has 2 N–H and O–H groups in total. The van der Waals surface area contributed by atoms with E-state index in [1.165, 1.54) is 6.07 Å². The molecular formula is C21H24ClN5O3S. The third-order valence-corrected chi connectivity index (χ3v) is 7.32. The minimum absolute atomic E-state index is 0.0775. The largest absolute Gasteiger partial charge is 0.324 e. The van der Waals surface area contributed by atoms with Crippen LogP contribution in [-0.2, 0) is 10.0 Å². The van der Waals surface area contributed by atoms with Crippen molar-refractivity contribution in [2.75, 3.05) is 11.9 Å². The van der Waals surface area contributed by atoms with E-state index < -0.39 is 10.0 Å². The molecule has 0 radical (unpaired) electrons. The first-order valence-electron chi connectivity index (χ1n) is 10.3. The van der Waals surface area contributed by atoms with Crippen molar-refractivity contribution in [3.8, 4) is 0 Å². The van der Waals surface area contributed by atoms with Crippen molar-refractivity contribution >= 4 is 44.3 Å². The first-order chi connectivity index (χ1) is 14.8. The molecule has 164 valence electrons. The number of aryl methyl sites for hydroxylation is 1. The number of hydrogen-bond donors (Lipinski definition) is 2. The lowest BCUT2D eigenvalue weighted by molar-refractivity contribution is 0.516. The third kappa shape index (κ3) is 4.30. The molecular weight excluding hydrogens is 438 g/mol. The second kappa shape index (κ2) is 8.57. The van der Waals surface area contributed by atoms with E-state index in [1.807, 2.05) is 6.92 Å². The van der Waals surface area contributed by atoms with Crippen LogP contribution in [0.1, 0.15) is 44.2 Å². The minimum atomic E-state index is -3.53. The average Bonchev–Trinajstić information content (AvgIpc) is 3.25. The van der Waals surface area contributed by atoms with Crippen LogP contribution in [0.25, 0.3) is 11.0 Å². The Morgan fingerprint density at radius 2 is 1.97 bits per heavy atom. The van der Waals surface area contributed by atoms with Gasteiger partial charge in [-0.1, -0.05) is 31.4 Å². The summed E-state index contributed by atoms with van der Waals surface area (Å²) in [5.74, 6) is 0.325. The van der Waals surface area contributed by atoms with Crippen LogP contribution in [0.2, 0.25) is 5.02 Å². The van der Waals surface area contributed by atoms with Crippen LogP contribution in [0, 0.1) is 6.92 Å². The van der Waals surface area contributed by atoms with Crippen molar-refractivity contribution < 1.29 is 8.42 Å². The van der Waals surface area contributed by atoms with E-state index in [9.17, 15) is 13.2 Å². The van der Waals surface area contributed by atoms with Crippen molar-refractivity contribution in [2.45, 2.75) is 50.5 Å². The summed E-state index contributed by atoms with van der Waals surface area (Å²) in [7, 11) is -3.53. The van der Waals surface area contributed by atoms with Crippen molar-refractivity contribution in [3.63, 3.8) is 0 Å². The molecule has 3 aromatic rings. The predicted octanol–water partition coefficient (Wildman–Crippen LogP) is 3.91. The van der Waals surface area contributed by atoms with E-state index >= 15 is 0 Å². The van der Waals surface area contributed by atoms with Crippen LogP contribution in [0.15, 0.2) is 40.2 Å². The SMILES string of the molecule is CCNS(=O)(=O)c1ccc(Nc2ncc3cc(Cl)c(=O)n(C4CCCC4)c3n2)c(C)c1. The first kappa shape index (κ1) is 21.7. The molecule has 31 heavy (non-hydrogen) atoms. The van der Waals surface area contributed by atoms with Crippen LogP contribution < -0.4 is 15.6 Å². The van der Waals surface area contributed by atoms with Crippen LogP contribution in [0.4, 0.5) is 11.6 Å². The number of fused-ring (bicyclic) bond motifs is 1. The number of anilines is 2. The number of sulfonamides is 1. The average molecular weight is 462 g/mol. The van der Waals surface area contributed by atoms with Crippen molar-refractivity contribution in [2.24, 2.45) is 0 Å². The molecule has 1 fully saturated rings. The molecule has 1 aromatic carbocycles. The zero-order chi connectivity index (χ0) is 22.2. The summed E-state index contributed by atoms with van der Waals surface area (Å²) in [5, 5.41) is 4.00. The number of nitrogens with zero attached hydrogens (tertiary/aromatic N) is 3. The first-order valence-corrected chi connectivity index (χ1v) is 12.1. The van der Waals surface area contributed by atoms with Gasteiger partial charge >= 0.3 is 0 Å². The minimum Gasteiger partial charge on any atom is -0.324 e. The summed E-state index contributed by atoms with van der Waals surface area (Å²) in [6.45, 7) is 3.86. The molecule has 1 aliphatic carbocycles. The fourth-order valence-electron chi connectivity index (χ4n) is 3.99. The Morgan fingerprint density at radius 1 is 1.23 bits per heavy atom. The van der Waals surface area contributed by atoms with Crippen molar-refractivity contribution in [1.82, 2.24) is 19.3 Å². The molecule has 0 saturated heterocycles. The number of pyridine rings is 1. The lowest BCUT2D eigenvalue weighted by Gasteiger charge is -2.17. The maximum Gasteiger partial charge on any atom is 0.271 e. The van der Waals surface area contributed by atoms with Gasteiger partial charge in [0, 0.05) is 29.9 Å². The molecule has 0 bridgehead atoms. The normalized spacial score (nSPS) is 14.9. The predicted molar refractivity (Wildman–Crippen MR) is 122 cm³/mol. The Morgan fingerprint density at radius 3 is 2.65 bits per heavy atom. The quantitative estimate of drug-likeness (QED) is 0.576. The molecule has 2 aromatic heterocycles. The molecule has 0 amide bonds. The Balaban J connectivity index is 1.72. The molecule has 1 saturated carbocycles. The summed E-state index contributed by atoms with van der Waals surface area (Å²) in [5.41, 5.74) is 1.72. The molecule has 0 atom stereocenters. The molecule has 4 rings (SSSR count). The van der Waals surface area contributed by atoms with Gasteiger partial charge < -0.3 is 5.32 Å². The maximum absolute atomic E-state index is 12.8. The van der Waals surface area contributed by atoms with E-state index in [4.69, 9.17) is 11.6 Å². The topological polar surface area (TPSA) is 106 Å². The fraction of sp³-hybridized carbons (Fsp3) is 0.381. The molecule has 0 aliphatic heterocycles. The highest BCUT2D eigenvalue weighted by atomic mass is 35.5. The lowest BCUT2D eigenvalue weighted by Crippen LogP contribution is -2.25.